The van der Waals surface area contributed by atoms with Crippen LogP contribution in [-0.2, 0) is 4.74 Å². The molecule has 0 unspecified atom stereocenters. The first-order valence-electron chi connectivity index (χ1n) is 5.78. The van der Waals surface area contributed by atoms with Crippen LogP contribution in [0, 0.1) is 0 Å². The van der Waals surface area contributed by atoms with Gasteiger partial charge in [0.15, 0.2) is 0 Å². The molecular formula is C15H15NO3. The Bertz CT molecular complexity index is 591. The predicted molar refractivity (Wildman–Crippen MR) is 74.2 cm³/mol. The predicted octanol–water partition coefficient (Wildman–Crippen LogP) is 2.73. The second-order valence-corrected chi connectivity index (χ2v) is 4.03. The Morgan fingerprint density at radius 2 is 1.74 bits per heavy atom. The average Bonchev–Trinajstić information content (AvgIpc) is 2.46. The van der Waals surface area contributed by atoms with Crippen LogP contribution < -0.4 is 10.5 Å². The molecule has 0 aromatic heterocycles. The van der Waals surface area contributed by atoms with Crippen LogP contribution in [0.5, 0.6) is 5.75 Å². The number of carbonyl (C=O) groups is 1. The summed E-state index contributed by atoms with van der Waals surface area (Å²) in [7, 11) is 2.96. The van der Waals surface area contributed by atoms with Crippen molar-refractivity contribution < 1.29 is 14.3 Å². The molecule has 0 aliphatic carbocycles. The van der Waals surface area contributed by atoms with E-state index >= 15 is 0 Å². The first-order valence-corrected chi connectivity index (χ1v) is 5.78. The van der Waals surface area contributed by atoms with Crippen molar-refractivity contribution in [2.45, 2.75) is 0 Å². The monoisotopic (exact) mass is 257 g/mol. The molecule has 2 rings (SSSR count). The summed E-state index contributed by atoms with van der Waals surface area (Å²) in [6.45, 7) is 0. The quantitative estimate of drug-likeness (QED) is 0.678. The van der Waals surface area contributed by atoms with Crippen LogP contribution in [0.1, 0.15) is 10.4 Å². The van der Waals surface area contributed by atoms with Gasteiger partial charge >= 0.3 is 5.97 Å². The van der Waals surface area contributed by atoms with Gasteiger partial charge < -0.3 is 15.2 Å². The number of benzene rings is 2. The third kappa shape index (κ3) is 2.68. The highest BCUT2D eigenvalue weighted by atomic mass is 16.5. The van der Waals surface area contributed by atoms with Gasteiger partial charge in [-0.2, -0.15) is 0 Å². The molecule has 0 fully saturated rings. The smallest absolute Gasteiger partial charge is 0.338 e. The molecule has 2 aromatic carbocycles. The van der Waals surface area contributed by atoms with E-state index in [2.05, 4.69) is 0 Å². The number of ether oxygens (including phenoxy) is 2. The minimum Gasteiger partial charge on any atom is -0.497 e. The van der Waals surface area contributed by atoms with Crippen molar-refractivity contribution in [2.75, 3.05) is 20.0 Å². The third-order valence-electron chi connectivity index (χ3n) is 2.85. The van der Waals surface area contributed by atoms with E-state index in [1.54, 1.807) is 25.3 Å². The normalized spacial score (nSPS) is 10.0. The average molecular weight is 257 g/mol. The lowest BCUT2D eigenvalue weighted by Crippen LogP contribution is -2.04. The van der Waals surface area contributed by atoms with Crippen LogP contribution in [0.4, 0.5) is 5.69 Å². The van der Waals surface area contributed by atoms with Crippen molar-refractivity contribution in [1.82, 2.24) is 0 Å². The zero-order chi connectivity index (χ0) is 13.8. The number of nitrogen functional groups attached to an aromatic ring is 1. The molecule has 19 heavy (non-hydrogen) atoms. The minimum atomic E-state index is -0.384. The Hall–Kier alpha value is -2.49. The second kappa shape index (κ2) is 5.44. The maximum atomic E-state index is 11.8. The number of methoxy groups -OCH3 is 2. The maximum Gasteiger partial charge on any atom is 0.338 e. The third-order valence-corrected chi connectivity index (χ3v) is 2.85. The van der Waals surface area contributed by atoms with Crippen LogP contribution in [0.25, 0.3) is 11.1 Å². The molecule has 0 amide bonds. The van der Waals surface area contributed by atoms with Gasteiger partial charge in [0.1, 0.15) is 5.75 Å². The van der Waals surface area contributed by atoms with E-state index in [-0.39, 0.29) is 5.97 Å². The molecule has 2 N–H and O–H groups in total. The van der Waals surface area contributed by atoms with E-state index in [0.717, 1.165) is 16.9 Å². The summed E-state index contributed by atoms with van der Waals surface area (Å²) in [6, 6.07) is 12.5. The highest BCUT2D eigenvalue weighted by Crippen LogP contribution is 2.28. The van der Waals surface area contributed by atoms with Crippen LogP contribution in [0.3, 0.4) is 0 Å². The lowest BCUT2D eigenvalue weighted by molar-refractivity contribution is 0.0601. The largest absolute Gasteiger partial charge is 0.497 e. The molecule has 0 saturated heterocycles. The minimum absolute atomic E-state index is 0.384. The molecule has 0 atom stereocenters. The van der Waals surface area contributed by atoms with E-state index < -0.39 is 0 Å². The Morgan fingerprint density at radius 3 is 2.32 bits per heavy atom. The Morgan fingerprint density at radius 1 is 1.05 bits per heavy atom. The summed E-state index contributed by atoms with van der Waals surface area (Å²) >= 11 is 0. The SMILES string of the molecule is COC(=O)c1ccc(N)cc1-c1ccc(OC)cc1. The molecule has 0 spiro atoms. The fourth-order valence-corrected chi connectivity index (χ4v) is 1.86. The van der Waals surface area contributed by atoms with Gasteiger partial charge in [0.25, 0.3) is 0 Å². The molecule has 2 aromatic rings. The number of rotatable bonds is 3. The summed E-state index contributed by atoms with van der Waals surface area (Å²) in [5, 5.41) is 0. The van der Waals surface area contributed by atoms with Crippen LogP contribution >= 0.6 is 0 Å². The molecule has 4 nitrogen and oxygen atoms in total. The van der Waals surface area contributed by atoms with E-state index in [4.69, 9.17) is 15.2 Å². The van der Waals surface area contributed by atoms with Crippen molar-refractivity contribution >= 4 is 11.7 Å². The highest BCUT2D eigenvalue weighted by molar-refractivity contribution is 5.98. The molecule has 0 heterocycles. The van der Waals surface area contributed by atoms with Crippen molar-refractivity contribution in [1.29, 1.82) is 0 Å². The van der Waals surface area contributed by atoms with Gasteiger partial charge in [-0.3, -0.25) is 0 Å². The number of carbonyl (C=O) groups excluding carboxylic acids is 1. The van der Waals surface area contributed by atoms with Gasteiger partial charge in [0.05, 0.1) is 19.8 Å². The van der Waals surface area contributed by atoms with Gasteiger partial charge in [0, 0.05) is 5.69 Å². The molecule has 0 aliphatic rings. The van der Waals surface area contributed by atoms with E-state index in [1.807, 2.05) is 24.3 Å². The maximum absolute atomic E-state index is 11.8. The molecular weight excluding hydrogens is 242 g/mol. The van der Waals surface area contributed by atoms with Crippen LogP contribution in [0.2, 0.25) is 0 Å². The van der Waals surface area contributed by atoms with Crippen molar-refractivity contribution in [2.24, 2.45) is 0 Å². The van der Waals surface area contributed by atoms with Gasteiger partial charge in [-0.05, 0) is 41.5 Å². The summed E-state index contributed by atoms with van der Waals surface area (Å²) in [5.41, 5.74) is 8.50. The fraction of sp³-hybridized carbons (Fsp3) is 0.133. The van der Waals surface area contributed by atoms with E-state index in [9.17, 15) is 4.79 Å². The van der Waals surface area contributed by atoms with Crippen molar-refractivity contribution in [3.63, 3.8) is 0 Å². The molecule has 0 aliphatic heterocycles. The van der Waals surface area contributed by atoms with E-state index in [1.165, 1.54) is 7.11 Å². The molecule has 4 heteroatoms. The second-order valence-electron chi connectivity index (χ2n) is 4.03. The lowest BCUT2D eigenvalue weighted by Gasteiger charge is -2.10. The zero-order valence-electron chi connectivity index (χ0n) is 10.8. The van der Waals surface area contributed by atoms with Crippen LogP contribution in [0.15, 0.2) is 42.5 Å². The highest BCUT2D eigenvalue weighted by Gasteiger charge is 2.13. The van der Waals surface area contributed by atoms with Crippen molar-refractivity contribution in [3.8, 4) is 16.9 Å². The first kappa shape index (κ1) is 13.0. The van der Waals surface area contributed by atoms with E-state index in [0.29, 0.717) is 11.3 Å². The summed E-state index contributed by atoms with van der Waals surface area (Å²) in [4.78, 5) is 11.8. The van der Waals surface area contributed by atoms with Gasteiger partial charge in [-0.1, -0.05) is 12.1 Å². The van der Waals surface area contributed by atoms with Gasteiger partial charge in [-0.15, -0.1) is 0 Å². The van der Waals surface area contributed by atoms with Crippen molar-refractivity contribution in [3.05, 3.63) is 48.0 Å². The molecule has 0 radical (unpaired) electrons. The summed E-state index contributed by atoms with van der Waals surface area (Å²) in [5.74, 6) is 0.373. The summed E-state index contributed by atoms with van der Waals surface area (Å²) in [6.07, 6.45) is 0. The standard InChI is InChI=1S/C15H15NO3/c1-18-12-6-3-10(4-7-12)14-9-11(16)5-8-13(14)15(17)19-2/h3-9H,16H2,1-2H3. The molecule has 0 saturated carbocycles. The molecule has 0 bridgehead atoms. The van der Waals surface area contributed by atoms with Gasteiger partial charge in [-0.25, -0.2) is 4.79 Å². The number of hydrogen-bond acceptors (Lipinski definition) is 4. The molecule has 98 valence electrons. The summed E-state index contributed by atoms with van der Waals surface area (Å²) < 4.78 is 9.89. The Labute approximate surface area is 111 Å². The number of esters is 1. The lowest BCUT2D eigenvalue weighted by atomic mass is 9.99. The van der Waals surface area contributed by atoms with Gasteiger partial charge in [0.2, 0.25) is 0 Å². The number of anilines is 1. The zero-order valence-corrected chi connectivity index (χ0v) is 10.8. The Balaban J connectivity index is 2.52. The Kier molecular flexibility index (Phi) is 3.71. The fourth-order valence-electron chi connectivity index (χ4n) is 1.86. The number of nitrogens with two attached hydrogens (primary N) is 1. The van der Waals surface area contributed by atoms with Crippen LogP contribution in [-0.4, -0.2) is 20.2 Å². The first-order chi connectivity index (χ1) is 9.15. The topological polar surface area (TPSA) is 61.5 Å². The number of hydrogen-bond donors (Lipinski definition) is 1.